The monoisotopic (exact) mass is 246 g/mol. The fourth-order valence-electron chi connectivity index (χ4n) is 0.932. The lowest BCUT2D eigenvalue weighted by Crippen LogP contribution is -2.41. The zero-order chi connectivity index (χ0) is 11.3. The summed E-state index contributed by atoms with van der Waals surface area (Å²) in [6.45, 7) is 6.90. The number of thioether (sulfide) groups is 1. The van der Waals surface area contributed by atoms with Crippen molar-refractivity contribution >= 4 is 23.1 Å². The van der Waals surface area contributed by atoms with Gasteiger partial charge in [0.15, 0.2) is 0 Å². The summed E-state index contributed by atoms with van der Waals surface area (Å²) in [5.74, 6) is 0.691. The van der Waals surface area contributed by atoms with E-state index in [0.717, 1.165) is 4.34 Å². The van der Waals surface area contributed by atoms with Crippen molar-refractivity contribution in [1.29, 1.82) is 0 Å². The van der Waals surface area contributed by atoms with E-state index in [0.29, 0.717) is 12.3 Å². The maximum atomic E-state index is 9.70. The Hall–Kier alpha value is -0.100. The first-order valence-electron chi connectivity index (χ1n) is 4.93. The van der Waals surface area contributed by atoms with Crippen LogP contribution < -0.4 is 5.32 Å². The lowest BCUT2D eigenvalue weighted by molar-refractivity contribution is 0.183. The Morgan fingerprint density at radius 3 is 2.87 bits per heavy atom. The van der Waals surface area contributed by atoms with Gasteiger partial charge in [-0.1, -0.05) is 11.8 Å². The topological polar surface area (TPSA) is 45.1 Å². The van der Waals surface area contributed by atoms with Gasteiger partial charge in [0.05, 0.1) is 6.10 Å². The second-order valence-corrected chi connectivity index (χ2v) is 6.56. The summed E-state index contributed by atoms with van der Waals surface area (Å²) in [5, 5.41) is 14.9. The maximum Gasteiger partial charge on any atom is 0.149 e. The van der Waals surface area contributed by atoms with Gasteiger partial charge in [-0.05, 0) is 20.8 Å². The van der Waals surface area contributed by atoms with Crippen LogP contribution in [0.2, 0.25) is 0 Å². The van der Waals surface area contributed by atoms with Gasteiger partial charge >= 0.3 is 0 Å². The van der Waals surface area contributed by atoms with Crippen LogP contribution in [0.25, 0.3) is 0 Å². The van der Waals surface area contributed by atoms with E-state index in [1.165, 1.54) is 0 Å². The van der Waals surface area contributed by atoms with Crippen molar-refractivity contribution in [2.45, 2.75) is 36.8 Å². The molecule has 0 amide bonds. The van der Waals surface area contributed by atoms with Crippen LogP contribution in [0, 0.1) is 0 Å². The quantitative estimate of drug-likeness (QED) is 0.780. The number of nitrogens with one attached hydrogen (secondary N) is 1. The summed E-state index contributed by atoms with van der Waals surface area (Å²) in [6, 6.07) is 0. The van der Waals surface area contributed by atoms with Crippen LogP contribution >= 0.6 is 23.1 Å². The molecule has 1 rings (SSSR count). The summed E-state index contributed by atoms with van der Waals surface area (Å²) >= 11 is 3.21. The van der Waals surface area contributed by atoms with Crippen LogP contribution in [-0.4, -0.2) is 34.0 Å². The van der Waals surface area contributed by atoms with Crippen LogP contribution in [-0.2, 0) is 0 Å². The third kappa shape index (κ3) is 6.14. The molecule has 5 heteroatoms. The lowest BCUT2D eigenvalue weighted by atomic mass is 10.1. The largest absolute Gasteiger partial charge is 0.391 e. The molecule has 0 aliphatic heterocycles. The van der Waals surface area contributed by atoms with Gasteiger partial charge in [0, 0.05) is 29.4 Å². The zero-order valence-corrected chi connectivity index (χ0v) is 11.0. The Balaban J connectivity index is 2.16. The molecule has 0 aromatic carbocycles. The van der Waals surface area contributed by atoms with Crippen molar-refractivity contribution in [2.75, 3.05) is 12.3 Å². The molecule has 1 heterocycles. The molecule has 0 fully saturated rings. The van der Waals surface area contributed by atoms with E-state index in [1.54, 1.807) is 29.3 Å². The van der Waals surface area contributed by atoms with Crippen LogP contribution in [0.15, 0.2) is 15.9 Å². The van der Waals surface area contributed by atoms with E-state index < -0.39 is 0 Å². The predicted octanol–water partition coefficient (Wildman–Crippen LogP) is 1.98. The second-order valence-electron chi connectivity index (χ2n) is 4.39. The molecular weight excluding hydrogens is 228 g/mol. The average molecular weight is 246 g/mol. The van der Waals surface area contributed by atoms with Crippen molar-refractivity contribution in [3.63, 3.8) is 0 Å². The van der Waals surface area contributed by atoms with Gasteiger partial charge in [0.1, 0.15) is 4.34 Å². The molecule has 86 valence electrons. The summed E-state index contributed by atoms with van der Waals surface area (Å²) in [7, 11) is 0. The molecule has 0 bridgehead atoms. The molecule has 0 aliphatic rings. The van der Waals surface area contributed by atoms with Gasteiger partial charge in [-0.15, -0.1) is 11.3 Å². The van der Waals surface area contributed by atoms with E-state index in [1.807, 2.05) is 5.38 Å². The molecule has 1 unspecified atom stereocenters. The normalized spacial score (nSPS) is 14.1. The van der Waals surface area contributed by atoms with Crippen molar-refractivity contribution in [1.82, 2.24) is 10.3 Å². The number of nitrogens with zero attached hydrogens (tertiary/aromatic N) is 1. The molecule has 0 spiro atoms. The second kappa shape index (κ2) is 5.84. The molecule has 15 heavy (non-hydrogen) atoms. The van der Waals surface area contributed by atoms with Crippen molar-refractivity contribution < 1.29 is 5.11 Å². The zero-order valence-electron chi connectivity index (χ0n) is 9.36. The summed E-state index contributed by atoms with van der Waals surface area (Å²) < 4.78 is 1.02. The summed E-state index contributed by atoms with van der Waals surface area (Å²) in [6.07, 6.45) is 1.46. The highest BCUT2D eigenvalue weighted by molar-refractivity contribution is 8.01. The Morgan fingerprint density at radius 2 is 2.33 bits per heavy atom. The molecule has 1 aromatic rings. The minimum absolute atomic E-state index is 0.0623. The predicted molar refractivity (Wildman–Crippen MR) is 66.6 cm³/mol. The maximum absolute atomic E-state index is 9.70. The number of aromatic nitrogens is 1. The van der Waals surface area contributed by atoms with Crippen molar-refractivity contribution in [3.05, 3.63) is 11.6 Å². The smallest absolute Gasteiger partial charge is 0.149 e. The molecule has 0 saturated heterocycles. The lowest BCUT2D eigenvalue weighted by Gasteiger charge is -2.22. The highest BCUT2D eigenvalue weighted by Crippen LogP contribution is 2.20. The first-order chi connectivity index (χ1) is 6.97. The van der Waals surface area contributed by atoms with E-state index in [-0.39, 0.29) is 11.6 Å². The van der Waals surface area contributed by atoms with Crippen molar-refractivity contribution in [3.8, 4) is 0 Å². The molecule has 2 N–H and O–H groups in total. The van der Waals surface area contributed by atoms with Gasteiger partial charge in [-0.3, -0.25) is 0 Å². The number of aliphatic hydroxyl groups excluding tert-OH is 1. The van der Waals surface area contributed by atoms with Gasteiger partial charge in [-0.25, -0.2) is 4.98 Å². The number of aliphatic hydroxyl groups is 1. The highest BCUT2D eigenvalue weighted by Gasteiger charge is 2.12. The number of β-amino-alcohol motifs (C(OH)–C–C–N with tert-alkyl or cyclic N) is 1. The van der Waals surface area contributed by atoms with Gasteiger partial charge in [-0.2, -0.15) is 0 Å². The highest BCUT2D eigenvalue weighted by atomic mass is 32.2. The van der Waals surface area contributed by atoms with E-state index in [2.05, 4.69) is 31.1 Å². The third-order valence-corrected chi connectivity index (χ3v) is 3.79. The minimum Gasteiger partial charge on any atom is -0.391 e. The Kier molecular flexibility index (Phi) is 5.05. The molecule has 1 atom stereocenters. The first kappa shape index (κ1) is 13.0. The molecule has 3 nitrogen and oxygen atoms in total. The van der Waals surface area contributed by atoms with Gasteiger partial charge in [0.25, 0.3) is 0 Å². The summed E-state index contributed by atoms with van der Waals surface area (Å²) in [4.78, 5) is 4.15. The van der Waals surface area contributed by atoms with E-state index >= 15 is 0 Å². The number of hydrogen-bond donors (Lipinski definition) is 2. The van der Waals surface area contributed by atoms with Gasteiger partial charge < -0.3 is 10.4 Å². The first-order valence-corrected chi connectivity index (χ1v) is 6.79. The van der Waals surface area contributed by atoms with E-state index in [4.69, 9.17) is 0 Å². The standard InChI is InChI=1S/C10H18N2OS2/c1-10(2,3)12-6-8(13)7-15-9-11-4-5-14-9/h4-5,8,12-13H,6-7H2,1-3H3. The molecule has 1 aromatic heterocycles. The molecule has 0 radical (unpaired) electrons. The van der Waals surface area contributed by atoms with Crippen molar-refractivity contribution in [2.24, 2.45) is 0 Å². The van der Waals surface area contributed by atoms with Crippen LogP contribution in [0.3, 0.4) is 0 Å². The summed E-state index contributed by atoms with van der Waals surface area (Å²) in [5.41, 5.74) is 0.0623. The average Bonchev–Trinajstić information content (AvgIpc) is 2.62. The Bertz CT molecular complexity index is 269. The molecular formula is C10H18N2OS2. The molecule has 0 saturated carbocycles. The fourth-order valence-corrected chi connectivity index (χ4v) is 2.52. The Morgan fingerprint density at radius 1 is 1.60 bits per heavy atom. The Labute approximate surface area is 99.3 Å². The third-order valence-electron chi connectivity index (χ3n) is 1.68. The number of thiazole rings is 1. The minimum atomic E-state index is -0.321. The SMILES string of the molecule is CC(C)(C)NCC(O)CSc1nccs1. The van der Waals surface area contributed by atoms with Crippen LogP contribution in [0.4, 0.5) is 0 Å². The van der Waals surface area contributed by atoms with E-state index in [9.17, 15) is 5.11 Å². The number of rotatable bonds is 5. The fraction of sp³-hybridized carbons (Fsp3) is 0.700. The molecule has 0 aliphatic carbocycles. The van der Waals surface area contributed by atoms with Crippen LogP contribution in [0.1, 0.15) is 20.8 Å². The van der Waals surface area contributed by atoms with Gasteiger partial charge in [0.2, 0.25) is 0 Å². The van der Waals surface area contributed by atoms with Crippen LogP contribution in [0.5, 0.6) is 0 Å². The number of hydrogen-bond acceptors (Lipinski definition) is 5.